The maximum Gasteiger partial charge on any atom is 0.248 e. The standard InChI is InChI=1S/C26H22FN3O/c1-18-8-14-24(19(2)16-18)28-25(31)15-11-21-17-30(23-6-4-3-5-7-23)29-26(21)20-9-12-22(27)13-10-20/h3-17H,1-2H3,(H,28,31)/b15-11-. The number of carbonyl (C=O) groups excluding carboxylic acids is 1. The Labute approximate surface area is 180 Å². The van der Waals surface area contributed by atoms with Crippen LogP contribution in [0.5, 0.6) is 0 Å². The van der Waals surface area contributed by atoms with Crippen LogP contribution in [0.1, 0.15) is 16.7 Å². The fraction of sp³-hybridized carbons (Fsp3) is 0.0769. The van der Waals surface area contributed by atoms with E-state index in [1.807, 2.05) is 68.6 Å². The molecule has 1 heterocycles. The number of nitrogens with one attached hydrogen (secondary N) is 1. The first-order chi connectivity index (χ1) is 15.0. The summed E-state index contributed by atoms with van der Waals surface area (Å²) in [5.41, 5.74) is 6.01. The van der Waals surface area contributed by atoms with Crippen molar-refractivity contribution in [2.24, 2.45) is 0 Å². The van der Waals surface area contributed by atoms with Crippen molar-refractivity contribution in [2.45, 2.75) is 13.8 Å². The fourth-order valence-electron chi connectivity index (χ4n) is 3.35. The Bertz CT molecular complexity index is 1240. The van der Waals surface area contributed by atoms with Gasteiger partial charge in [-0.2, -0.15) is 5.10 Å². The van der Waals surface area contributed by atoms with Gasteiger partial charge in [0.2, 0.25) is 5.91 Å². The number of halogens is 1. The van der Waals surface area contributed by atoms with Crippen LogP contribution in [0.15, 0.2) is 85.1 Å². The van der Waals surface area contributed by atoms with Crippen LogP contribution in [0.25, 0.3) is 23.0 Å². The lowest BCUT2D eigenvalue weighted by molar-refractivity contribution is -0.111. The van der Waals surface area contributed by atoms with Gasteiger partial charge in [-0.05, 0) is 68.0 Å². The van der Waals surface area contributed by atoms with Gasteiger partial charge in [0, 0.05) is 29.1 Å². The largest absolute Gasteiger partial charge is 0.322 e. The molecule has 0 aliphatic rings. The van der Waals surface area contributed by atoms with E-state index in [1.165, 1.54) is 18.2 Å². The molecule has 1 amide bonds. The van der Waals surface area contributed by atoms with Gasteiger partial charge >= 0.3 is 0 Å². The van der Waals surface area contributed by atoms with Gasteiger partial charge in [-0.15, -0.1) is 0 Å². The molecule has 0 aliphatic carbocycles. The zero-order valence-corrected chi connectivity index (χ0v) is 17.3. The Morgan fingerprint density at radius 3 is 2.45 bits per heavy atom. The van der Waals surface area contributed by atoms with Crippen molar-refractivity contribution >= 4 is 17.7 Å². The SMILES string of the molecule is Cc1ccc(NC(=O)/C=C\c2cn(-c3ccccc3)nc2-c2ccc(F)cc2)c(C)c1. The van der Waals surface area contributed by atoms with Crippen molar-refractivity contribution in [3.63, 3.8) is 0 Å². The van der Waals surface area contributed by atoms with E-state index >= 15 is 0 Å². The maximum atomic E-state index is 13.4. The summed E-state index contributed by atoms with van der Waals surface area (Å²) in [4.78, 5) is 12.5. The van der Waals surface area contributed by atoms with E-state index in [9.17, 15) is 9.18 Å². The first kappa shape index (κ1) is 20.3. The first-order valence-corrected chi connectivity index (χ1v) is 9.97. The Morgan fingerprint density at radius 1 is 1.00 bits per heavy atom. The molecule has 4 aromatic rings. The molecule has 1 N–H and O–H groups in total. The first-order valence-electron chi connectivity index (χ1n) is 9.97. The van der Waals surface area contributed by atoms with Gasteiger partial charge in [-0.3, -0.25) is 4.79 Å². The molecule has 0 radical (unpaired) electrons. The highest BCUT2D eigenvalue weighted by Gasteiger charge is 2.11. The number of aryl methyl sites for hydroxylation is 2. The second kappa shape index (κ2) is 8.79. The Morgan fingerprint density at radius 2 is 1.74 bits per heavy atom. The predicted molar refractivity (Wildman–Crippen MR) is 123 cm³/mol. The monoisotopic (exact) mass is 411 g/mol. The van der Waals surface area contributed by atoms with Gasteiger partial charge in [-0.25, -0.2) is 9.07 Å². The predicted octanol–water partition coefficient (Wildman–Crippen LogP) is 5.95. The molecule has 3 aromatic carbocycles. The molecule has 0 spiro atoms. The molecule has 154 valence electrons. The summed E-state index contributed by atoms with van der Waals surface area (Å²) >= 11 is 0. The molecule has 4 rings (SSSR count). The van der Waals surface area contributed by atoms with Crippen molar-refractivity contribution < 1.29 is 9.18 Å². The number of para-hydroxylation sites is 1. The topological polar surface area (TPSA) is 46.9 Å². The van der Waals surface area contributed by atoms with Crippen LogP contribution < -0.4 is 5.32 Å². The normalized spacial score (nSPS) is 11.1. The number of benzene rings is 3. The van der Waals surface area contributed by atoms with Crippen LogP contribution in [0.4, 0.5) is 10.1 Å². The van der Waals surface area contributed by atoms with E-state index in [0.29, 0.717) is 5.69 Å². The van der Waals surface area contributed by atoms with Crippen LogP contribution in [0.2, 0.25) is 0 Å². The van der Waals surface area contributed by atoms with Gasteiger partial charge in [0.15, 0.2) is 0 Å². The highest BCUT2D eigenvalue weighted by Crippen LogP contribution is 2.25. The third-order valence-corrected chi connectivity index (χ3v) is 4.93. The third-order valence-electron chi connectivity index (χ3n) is 4.93. The molecule has 0 fully saturated rings. The molecule has 31 heavy (non-hydrogen) atoms. The molecule has 5 heteroatoms. The summed E-state index contributed by atoms with van der Waals surface area (Å²) in [5.74, 6) is -0.541. The van der Waals surface area contributed by atoms with E-state index < -0.39 is 0 Å². The quantitative estimate of drug-likeness (QED) is 0.413. The van der Waals surface area contributed by atoms with Crippen LogP contribution >= 0.6 is 0 Å². The van der Waals surface area contributed by atoms with Crippen LogP contribution in [-0.2, 0) is 4.79 Å². The van der Waals surface area contributed by atoms with Gasteiger partial charge in [0.25, 0.3) is 0 Å². The molecule has 0 aliphatic heterocycles. The molecular formula is C26H22FN3O. The number of aromatic nitrogens is 2. The molecule has 0 bridgehead atoms. The Kier molecular flexibility index (Phi) is 5.76. The smallest absolute Gasteiger partial charge is 0.248 e. The zero-order chi connectivity index (χ0) is 21.8. The highest BCUT2D eigenvalue weighted by molar-refractivity contribution is 6.02. The van der Waals surface area contributed by atoms with Gasteiger partial charge < -0.3 is 5.32 Å². The van der Waals surface area contributed by atoms with E-state index in [0.717, 1.165) is 33.6 Å². The van der Waals surface area contributed by atoms with E-state index in [4.69, 9.17) is 0 Å². The number of carbonyl (C=O) groups is 1. The second-order valence-electron chi connectivity index (χ2n) is 7.36. The lowest BCUT2D eigenvalue weighted by Gasteiger charge is -2.07. The minimum absolute atomic E-state index is 0.232. The highest BCUT2D eigenvalue weighted by atomic mass is 19.1. The number of anilines is 1. The molecule has 1 aromatic heterocycles. The molecule has 4 nitrogen and oxygen atoms in total. The number of rotatable bonds is 5. The van der Waals surface area contributed by atoms with Crippen molar-refractivity contribution in [2.75, 3.05) is 5.32 Å². The Balaban J connectivity index is 1.65. The summed E-state index contributed by atoms with van der Waals surface area (Å²) in [5, 5.41) is 7.59. The minimum Gasteiger partial charge on any atom is -0.322 e. The lowest BCUT2D eigenvalue weighted by atomic mass is 10.1. The van der Waals surface area contributed by atoms with E-state index in [-0.39, 0.29) is 11.7 Å². The lowest BCUT2D eigenvalue weighted by Crippen LogP contribution is -2.08. The zero-order valence-electron chi connectivity index (χ0n) is 17.3. The van der Waals surface area contributed by atoms with E-state index in [1.54, 1.807) is 22.9 Å². The molecule has 0 atom stereocenters. The summed E-state index contributed by atoms with van der Waals surface area (Å²) < 4.78 is 15.1. The summed E-state index contributed by atoms with van der Waals surface area (Å²) in [6, 6.07) is 21.7. The number of nitrogens with zero attached hydrogens (tertiary/aromatic N) is 2. The average Bonchev–Trinajstić information content (AvgIpc) is 3.20. The maximum absolute atomic E-state index is 13.4. The number of hydrogen-bond acceptors (Lipinski definition) is 2. The Hall–Kier alpha value is -3.99. The van der Waals surface area contributed by atoms with Crippen LogP contribution in [-0.4, -0.2) is 15.7 Å². The summed E-state index contributed by atoms with van der Waals surface area (Å²) in [6.07, 6.45) is 5.07. The number of hydrogen-bond donors (Lipinski definition) is 1. The van der Waals surface area contributed by atoms with Gasteiger partial charge in [0.05, 0.1) is 11.4 Å². The molecule has 0 saturated heterocycles. The van der Waals surface area contributed by atoms with Gasteiger partial charge in [0.1, 0.15) is 5.82 Å². The average molecular weight is 411 g/mol. The van der Waals surface area contributed by atoms with E-state index in [2.05, 4.69) is 10.4 Å². The number of amides is 1. The van der Waals surface area contributed by atoms with Crippen LogP contribution in [0, 0.1) is 19.7 Å². The van der Waals surface area contributed by atoms with Crippen LogP contribution in [0.3, 0.4) is 0 Å². The summed E-state index contributed by atoms with van der Waals surface area (Å²) in [6.45, 7) is 3.97. The van der Waals surface area contributed by atoms with Gasteiger partial charge in [-0.1, -0.05) is 35.9 Å². The van der Waals surface area contributed by atoms with Crippen molar-refractivity contribution in [1.29, 1.82) is 0 Å². The minimum atomic E-state index is -0.309. The molecular weight excluding hydrogens is 389 g/mol. The summed E-state index contributed by atoms with van der Waals surface area (Å²) in [7, 11) is 0. The molecule has 0 unspecified atom stereocenters. The van der Waals surface area contributed by atoms with Crippen molar-refractivity contribution in [3.8, 4) is 16.9 Å². The third kappa shape index (κ3) is 4.78. The van der Waals surface area contributed by atoms with Crippen molar-refractivity contribution in [1.82, 2.24) is 9.78 Å². The molecule has 0 saturated carbocycles. The fourth-order valence-corrected chi connectivity index (χ4v) is 3.35. The van der Waals surface area contributed by atoms with Crippen molar-refractivity contribution in [3.05, 3.63) is 108 Å². The second-order valence-corrected chi connectivity index (χ2v) is 7.36.